The predicted octanol–water partition coefficient (Wildman–Crippen LogP) is 4.66. The Morgan fingerprint density at radius 2 is 1.63 bits per heavy atom. The van der Waals surface area contributed by atoms with E-state index in [0.29, 0.717) is 28.6 Å². The van der Waals surface area contributed by atoms with Crippen LogP contribution in [0, 0.1) is 0 Å². The molecule has 0 unspecified atom stereocenters. The fraction of sp³-hybridized carbons (Fsp3) is 0.0455. The van der Waals surface area contributed by atoms with Crippen molar-refractivity contribution < 1.29 is 14.3 Å². The molecule has 0 aliphatic carbocycles. The number of benzene rings is 3. The Balaban J connectivity index is 1.57. The lowest BCUT2D eigenvalue weighted by atomic mass is 10.2. The van der Waals surface area contributed by atoms with E-state index < -0.39 is 11.8 Å². The van der Waals surface area contributed by atoms with Crippen molar-refractivity contribution in [1.82, 2.24) is 5.43 Å². The van der Waals surface area contributed by atoms with Crippen LogP contribution in [0.25, 0.3) is 0 Å². The maximum atomic E-state index is 12.0. The predicted molar refractivity (Wildman–Crippen MR) is 118 cm³/mol. The van der Waals surface area contributed by atoms with E-state index in [1.807, 2.05) is 42.5 Å². The van der Waals surface area contributed by atoms with Gasteiger partial charge in [0.15, 0.2) is 0 Å². The van der Waals surface area contributed by atoms with Crippen LogP contribution in [0.1, 0.15) is 11.1 Å². The average molecular weight is 442 g/mol. The number of hydrazone groups is 1. The number of halogens is 2. The van der Waals surface area contributed by atoms with Gasteiger partial charge in [-0.25, -0.2) is 5.43 Å². The number of nitrogens with zero attached hydrogens (tertiary/aromatic N) is 1. The molecule has 0 aliphatic heterocycles. The van der Waals surface area contributed by atoms with Gasteiger partial charge >= 0.3 is 11.8 Å². The van der Waals surface area contributed by atoms with Crippen LogP contribution >= 0.6 is 23.2 Å². The lowest BCUT2D eigenvalue weighted by Gasteiger charge is -2.09. The summed E-state index contributed by atoms with van der Waals surface area (Å²) >= 11 is 11.7. The van der Waals surface area contributed by atoms with E-state index in [1.54, 1.807) is 12.1 Å². The van der Waals surface area contributed by atoms with Crippen LogP contribution in [0.4, 0.5) is 5.69 Å². The molecule has 3 aromatic rings. The molecular weight excluding hydrogens is 425 g/mol. The molecule has 0 aromatic heterocycles. The summed E-state index contributed by atoms with van der Waals surface area (Å²) in [5.41, 5.74) is 4.20. The van der Waals surface area contributed by atoms with Gasteiger partial charge in [-0.1, -0.05) is 65.7 Å². The number of carbonyl (C=O) groups excluding carboxylic acids is 2. The molecule has 30 heavy (non-hydrogen) atoms. The van der Waals surface area contributed by atoms with Gasteiger partial charge in [0.2, 0.25) is 0 Å². The molecule has 0 aliphatic rings. The molecule has 2 amide bonds. The third kappa shape index (κ3) is 6.07. The molecule has 0 heterocycles. The Labute approximate surface area is 183 Å². The second-order valence-electron chi connectivity index (χ2n) is 6.09. The minimum Gasteiger partial charge on any atom is -0.488 e. The number of para-hydroxylation sites is 1. The summed E-state index contributed by atoms with van der Waals surface area (Å²) in [6.07, 6.45) is 1.41. The SMILES string of the molecule is O=C(N/N=C/c1ccccc1OCc1ccccc1)C(=O)Nc1ccc(Cl)c(Cl)c1. The minimum atomic E-state index is -0.931. The molecule has 0 bridgehead atoms. The average Bonchev–Trinajstić information content (AvgIpc) is 2.76. The highest BCUT2D eigenvalue weighted by Gasteiger charge is 2.13. The number of anilines is 1. The Hall–Kier alpha value is -3.35. The zero-order valence-electron chi connectivity index (χ0n) is 15.6. The number of nitrogens with one attached hydrogen (secondary N) is 2. The van der Waals surface area contributed by atoms with Crippen molar-refractivity contribution in [3.63, 3.8) is 0 Å². The Kier molecular flexibility index (Phi) is 7.43. The quantitative estimate of drug-likeness (QED) is 0.331. The van der Waals surface area contributed by atoms with Gasteiger partial charge in [0.1, 0.15) is 12.4 Å². The Bertz CT molecular complexity index is 1070. The van der Waals surface area contributed by atoms with E-state index in [2.05, 4.69) is 15.8 Å². The molecule has 3 rings (SSSR count). The molecule has 152 valence electrons. The zero-order chi connectivity index (χ0) is 21.3. The third-order valence-corrected chi connectivity index (χ3v) is 4.65. The lowest BCUT2D eigenvalue weighted by Crippen LogP contribution is -2.32. The normalized spacial score (nSPS) is 10.6. The van der Waals surface area contributed by atoms with Crippen molar-refractivity contribution in [2.75, 3.05) is 5.32 Å². The van der Waals surface area contributed by atoms with Crippen LogP contribution < -0.4 is 15.5 Å². The van der Waals surface area contributed by atoms with Gasteiger partial charge in [-0.05, 0) is 35.9 Å². The molecule has 0 fully saturated rings. The summed E-state index contributed by atoms with van der Waals surface area (Å²) in [5.74, 6) is -1.22. The highest BCUT2D eigenvalue weighted by Crippen LogP contribution is 2.25. The van der Waals surface area contributed by atoms with Crippen LogP contribution in [0.3, 0.4) is 0 Å². The standard InChI is InChI=1S/C22H17Cl2N3O3/c23-18-11-10-17(12-19(18)24)26-21(28)22(29)27-25-13-16-8-4-5-9-20(16)30-14-15-6-2-1-3-7-15/h1-13H,14H2,(H,26,28)(H,27,29)/b25-13+. The van der Waals surface area contributed by atoms with E-state index in [9.17, 15) is 9.59 Å². The molecular formula is C22H17Cl2N3O3. The monoisotopic (exact) mass is 441 g/mol. The molecule has 0 spiro atoms. The van der Waals surface area contributed by atoms with Gasteiger partial charge in [0, 0.05) is 11.3 Å². The first-order valence-corrected chi connectivity index (χ1v) is 9.64. The van der Waals surface area contributed by atoms with Gasteiger partial charge in [-0.3, -0.25) is 9.59 Å². The summed E-state index contributed by atoms with van der Waals surface area (Å²) in [5, 5.41) is 6.86. The molecule has 0 radical (unpaired) electrons. The second-order valence-corrected chi connectivity index (χ2v) is 6.91. The number of ether oxygens (including phenoxy) is 1. The largest absolute Gasteiger partial charge is 0.488 e. The lowest BCUT2D eigenvalue weighted by molar-refractivity contribution is -0.136. The smallest absolute Gasteiger partial charge is 0.329 e. The number of rotatable bonds is 6. The van der Waals surface area contributed by atoms with Crippen molar-refractivity contribution in [1.29, 1.82) is 0 Å². The van der Waals surface area contributed by atoms with Gasteiger partial charge in [0.25, 0.3) is 0 Å². The molecule has 8 heteroatoms. The highest BCUT2D eigenvalue weighted by atomic mass is 35.5. The van der Waals surface area contributed by atoms with Crippen LogP contribution in [-0.4, -0.2) is 18.0 Å². The van der Waals surface area contributed by atoms with Gasteiger partial charge in [-0.15, -0.1) is 0 Å². The molecule has 3 aromatic carbocycles. The van der Waals surface area contributed by atoms with Crippen molar-refractivity contribution in [2.45, 2.75) is 6.61 Å². The van der Waals surface area contributed by atoms with Crippen molar-refractivity contribution in [3.8, 4) is 5.75 Å². The Morgan fingerprint density at radius 3 is 2.40 bits per heavy atom. The van der Waals surface area contributed by atoms with Crippen LogP contribution in [0.2, 0.25) is 10.0 Å². The van der Waals surface area contributed by atoms with E-state index in [-0.39, 0.29) is 5.02 Å². The number of hydrogen-bond donors (Lipinski definition) is 2. The summed E-state index contributed by atoms with van der Waals surface area (Å²) < 4.78 is 5.82. The van der Waals surface area contributed by atoms with E-state index >= 15 is 0 Å². The van der Waals surface area contributed by atoms with Crippen molar-refractivity contribution in [3.05, 3.63) is 94.0 Å². The number of hydrogen-bond acceptors (Lipinski definition) is 4. The minimum absolute atomic E-state index is 0.264. The maximum Gasteiger partial charge on any atom is 0.329 e. The second kappa shape index (κ2) is 10.4. The molecule has 0 saturated carbocycles. The van der Waals surface area contributed by atoms with Crippen molar-refractivity contribution >= 4 is 46.9 Å². The maximum absolute atomic E-state index is 12.0. The fourth-order valence-corrected chi connectivity index (χ4v) is 2.73. The van der Waals surface area contributed by atoms with Crippen LogP contribution in [0.15, 0.2) is 77.9 Å². The summed E-state index contributed by atoms with van der Waals surface area (Å²) in [7, 11) is 0. The van der Waals surface area contributed by atoms with Gasteiger partial charge < -0.3 is 10.1 Å². The van der Waals surface area contributed by atoms with Crippen molar-refractivity contribution in [2.24, 2.45) is 5.10 Å². The van der Waals surface area contributed by atoms with Gasteiger partial charge in [-0.2, -0.15) is 5.10 Å². The first-order valence-electron chi connectivity index (χ1n) is 8.88. The topological polar surface area (TPSA) is 79.8 Å². The fourth-order valence-electron chi connectivity index (χ4n) is 2.43. The first kappa shape index (κ1) is 21.4. The summed E-state index contributed by atoms with van der Waals surface area (Å²) in [4.78, 5) is 23.9. The Morgan fingerprint density at radius 1 is 0.900 bits per heavy atom. The third-order valence-electron chi connectivity index (χ3n) is 3.91. The molecule has 0 atom stereocenters. The van der Waals surface area contributed by atoms with E-state index in [0.717, 1.165) is 5.56 Å². The molecule has 6 nitrogen and oxygen atoms in total. The summed E-state index contributed by atoms with van der Waals surface area (Å²) in [6, 6.07) is 21.4. The summed E-state index contributed by atoms with van der Waals surface area (Å²) in [6.45, 7) is 0.393. The zero-order valence-corrected chi connectivity index (χ0v) is 17.2. The molecule has 2 N–H and O–H groups in total. The van der Waals surface area contributed by atoms with E-state index in [4.69, 9.17) is 27.9 Å². The van der Waals surface area contributed by atoms with E-state index in [1.165, 1.54) is 24.4 Å². The van der Waals surface area contributed by atoms with Gasteiger partial charge in [0.05, 0.1) is 16.3 Å². The highest BCUT2D eigenvalue weighted by molar-refractivity contribution is 6.42. The van der Waals surface area contributed by atoms with Crippen LogP contribution in [-0.2, 0) is 16.2 Å². The van der Waals surface area contributed by atoms with Crippen LogP contribution in [0.5, 0.6) is 5.75 Å². The number of carbonyl (C=O) groups is 2. The first-order chi connectivity index (χ1) is 14.5. The molecule has 0 saturated heterocycles. The number of amides is 2.